The Morgan fingerprint density at radius 3 is 2.93 bits per heavy atom. The molecule has 8 nitrogen and oxygen atoms in total. The van der Waals surface area contributed by atoms with E-state index in [4.69, 9.17) is 4.98 Å². The van der Waals surface area contributed by atoms with Crippen molar-refractivity contribution >= 4 is 44.7 Å². The second kappa shape index (κ2) is 7.33. The van der Waals surface area contributed by atoms with Crippen LogP contribution in [0, 0.1) is 6.92 Å². The lowest BCUT2D eigenvalue weighted by molar-refractivity contribution is 0.103. The summed E-state index contributed by atoms with van der Waals surface area (Å²) in [7, 11) is 4.24. The van der Waals surface area contributed by atoms with Crippen LogP contribution in [-0.4, -0.2) is 63.4 Å². The summed E-state index contributed by atoms with van der Waals surface area (Å²) >= 11 is 1.41. The van der Waals surface area contributed by atoms with Gasteiger partial charge < -0.3 is 19.5 Å². The van der Waals surface area contributed by atoms with Crippen LogP contribution in [0.25, 0.3) is 15.9 Å². The molecule has 1 fully saturated rings. The molecule has 0 aromatic carbocycles. The van der Waals surface area contributed by atoms with Crippen LogP contribution in [0.5, 0.6) is 0 Å². The molecule has 1 aliphatic heterocycles. The van der Waals surface area contributed by atoms with Crippen molar-refractivity contribution in [3.63, 3.8) is 0 Å². The van der Waals surface area contributed by atoms with Gasteiger partial charge in [-0.05, 0) is 45.6 Å². The highest BCUT2D eigenvalue weighted by atomic mass is 32.1. The van der Waals surface area contributed by atoms with Crippen LogP contribution in [0.4, 0.5) is 11.6 Å². The third-order valence-corrected chi connectivity index (χ3v) is 6.56. The minimum atomic E-state index is -0.183. The van der Waals surface area contributed by atoms with E-state index in [9.17, 15) is 4.79 Å². The van der Waals surface area contributed by atoms with Crippen LogP contribution in [0.3, 0.4) is 0 Å². The molecule has 0 unspecified atom stereocenters. The van der Waals surface area contributed by atoms with Crippen LogP contribution in [0.15, 0.2) is 36.8 Å². The van der Waals surface area contributed by atoms with Gasteiger partial charge in [-0.3, -0.25) is 4.79 Å². The summed E-state index contributed by atoms with van der Waals surface area (Å²) in [4.78, 5) is 32.3. The number of carbonyl (C=O) groups is 1. The highest BCUT2D eigenvalue weighted by Crippen LogP contribution is 2.29. The maximum absolute atomic E-state index is 12.8. The van der Waals surface area contributed by atoms with Gasteiger partial charge in [0.1, 0.15) is 16.5 Å². The molecule has 4 aromatic rings. The molecule has 1 N–H and O–H groups in total. The van der Waals surface area contributed by atoms with Crippen molar-refractivity contribution in [2.24, 2.45) is 0 Å². The molecule has 0 aliphatic carbocycles. The number of likely N-dealkylation sites (N-methyl/N-ethyl adjacent to an activating group) is 1. The fraction of sp³-hybridized carbons (Fsp3) is 0.333. The Bertz CT molecular complexity index is 1240. The number of carbonyl (C=O) groups excluding carboxylic acids is 1. The molecule has 0 radical (unpaired) electrons. The molecule has 30 heavy (non-hydrogen) atoms. The molecular weight excluding hydrogens is 398 g/mol. The number of thiophene rings is 1. The van der Waals surface area contributed by atoms with E-state index < -0.39 is 0 Å². The zero-order valence-corrected chi connectivity index (χ0v) is 18.0. The predicted octanol–water partition coefficient (Wildman–Crippen LogP) is 3.04. The zero-order chi connectivity index (χ0) is 20.8. The number of aromatic nitrogens is 4. The topological polar surface area (TPSA) is 78.7 Å². The second-order valence-electron chi connectivity index (χ2n) is 7.90. The van der Waals surface area contributed by atoms with E-state index in [-0.39, 0.29) is 5.91 Å². The number of pyridine rings is 1. The molecule has 154 valence electrons. The van der Waals surface area contributed by atoms with E-state index in [0.717, 1.165) is 46.9 Å². The van der Waals surface area contributed by atoms with E-state index in [1.165, 1.54) is 11.3 Å². The minimum Gasteiger partial charge on any atom is -0.355 e. The average molecular weight is 422 g/mol. The third-order valence-electron chi connectivity index (χ3n) is 5.51. The summed E-state index contributed by atoms with van der Waals surface area (Å²) in [6, 6.07) is 6.54. The first-order valence-electron chi connectivity index (χ1n) is 9.91. The second-order valence-corrected chi connectivity index (χ2v) is 8.93. The molecule has 1 atom stereocenters. The van der Waals surface area contributed by atoms with Gasteiger partial charge in [-0.15, -0.1) is 11.3 Å². The van der Waals surface area contributed by atoms with Crippen molar-refractivity contribution < 1.29 is 4.79 Å². The molecular formula is C21H23N7OS. The number of nitrogens with zero attached hydrogens (tertiary/aromatic N) is 6. The van der Waals surface area contributed by atoms with Gasteiger partial charge in [-0.1, -0.05) is 0 Å². The smallest absolute Gasteiger partial charge is 0.267 e. The van der Waals surface area contributed by atoms with Crippen molar-refractivity contribution in [3.8, 4) is 0 Å². The van der Waals surface area contributed by atoms with Crippen LogP contribution >= 0.6 is 11.3 Å². The highest BCUT2D eigenvalue weighted by molar-refractivity contribution is 7.20. The molecule has 1 aliphatic rings. The monoisotopic (exact) mass is 421 g/mol. The fourth-order valence-corrected chi connectivity index (χ4v) is 4.76. The summed E-state index contributed by atoms with van der Waals surface area (Å²) in [6.07, 6.45) is 6.46. The number of aryl methyl sites for hydroxylation is 1. The number of fused-ring (bicyclic) bond motifs is 2. The van der Waals surface area contributed by atoms with Gasteiger partial charge in [0.2, 0.25) is 0 Å². The van der Waals surface area contributed by atoms with Crippen LogP contribution in [0.1, 0.15) is 21.8 Å². The maximum atomic E-state index is 12.8. The van der Waals surface area contributed by atoms with E-state index in [1.54, 1.807) is 12.4 Å². The zero-order valence-electron chi connectivity index (χ0n) is 17.2. The van der Waals surface area contributed by atoms with Crippen LogP contribution in [0.2, 0.25) is 0 Å². The van der Waals surface area contributed by atoms with Crippen molar-refractivity contribution in [1.82, 2.24) is 24.3 Å². The first-order valence-corrected chi connectivity index (χ1v) is 10.7. The van der Waals surface area contributed by atoms with Gasteiger partial charge in [0.25, 0.3) is 5.91 Å². The summed E-state index contributed by atoms with van der Waals surface area (Å²) in [5.41, 5.74) is 1.66. The number of nitrogens with one attached hydrogen (secondary N) is 1. The van der Waals surface area contributed by atoms with Crippen molar-refractivity contribution in [2.75, 3.05) is 37.4 Å². The Morgan fingerprint density at radius 2 is 2.13 bits per heavy atom. The van der Waals surface area contributed by atoms with Gasteiger partial charge in [0.15, 0.2) is 5.65 Å². The number of hydrogen-bond acceptors (Lipinski definition) is 7. The minimum absolute atomic E-state index is 0.183. The molecule has 0 spiro atoms. The Balaban J connectivity index is 1.35. The molecule has 5 heterocycles. The SMILES string of the molecule is Cc1cn2cc(NC(=O)c3cc4ccc(N5CC[C@@H](N(C)C)C5)nc4s3)ncc2n1. The highest BCUT2D eigenvalue weighted by Gasteiger charge is 2.25. The average Bonchev–Trinajstić information content (AvgIpc) is 3.44. The molecule has 1 amide bonds. The Hall–Kier alpha value is -3.04. The lowest BCUT2D eigenvalue weighted by atomic mass is 10.2. The van der Waals surface area contributed by atoms with Gasteiger partial charge in [-0.25, -0.2) is 15.0 Å². The number of imidazole rings is 1. The summed E-state index contributed by atoms with van der Waals surface area (Å²) in [6.45, 7) is 3.90. The van der Waals surface area contributed by atoms with Crippen molar-refractivity contribution in [3.05, 3.63) is 47.4 Å². The van der Waals surface area contributed by atoms with E-state index in [1.807, 2.05) is 35.7 Å². The van der Waals surface area contributed by atoms with E-state index in [2.05, 4.69) is 39.2 Å². The largest absolute Gasteiger partial charge is 0.355 e. The number of anilines is 2. The van der Waals surface area contributed by atoms with E-state index in [0.29, 0.717) is 16.7 Å². The third kappa shape index (κ3) is 3.50. The molecule has 1 saturated heterocycles. The standard InChI is InChI=1S/C21H23N7OS/c1-13-10-28-12-17(22-9-19(28)23-13)24-20(29)16-8-14-4-5-18(25-21(14)30-16)27-7-6-15(11-27)26(2)3/h4-5,8-10,12,15H,6-7,11H2,1-3H3,(H,24,29)/t15-/m1/s1. The summed E-state index contributed by atoms with van der Waals surface area (Å²) in [5.74, 6) is 1.28. The van der Waals surface area contributed by atoms with Crippen molar-refractivity contribution in [1.29, 1.82) is 0 Å². The summed E-state index contributed by atoms with van der Waals surface area (Å²) in [5, 5.41) is 3.85. The lowest BCUT2D eigenvalue weighted by Gasteiger charge is -2.21. The van der Waals surface area contributed by atoms with Gasteiger partial charge in [0, 0.05) is 30.7 Å². The van der Waals surface area contributed by atoms with Crippen LogP contribution in [-0.2, 0) is 0 Å². The Morgan fingerprint density at radius 1 is 1.27 bits per heavy atom. The number of rotatable bonds is 4. The Labute approximate surface area is 178 Å². The fourth-order valence-electron chi connectivity index (χ4n) is 3.84. The van der Waals surface area contributed by atoms with Crippen molar-refractivity contribution in [2.45, 2.75) is 19.4 Å². The van der Waals surface area contributed by atoms with Crippen LogP contribution < -0.4 is 10.2 Å². The molecule has 9 heteroatoms. The number of hydrogen-bond donors (Lipinski definition) is 1. The van der Waals surface area contributed by atoms with Gasteiger partial charge in [-0.2, -0.15) is 0 Å². The number of amides is 1. The Kier molecular flexibility index (Phi) is 4.63. The molecule has 0 bridgehead atoms. The first-order chi connectivity index (χ1) is 14.5. The summed E-state index contributed by atoms with van der Waals surface area (Å²) < 4.78 is 1.85. The molecule has 4 aromatic heterocycles. The lowest BCUT2D eigenvalue weighted by Crippen LogP contribution is -2.31. The quantitative estimate of drug-likeness (QED) is 0.546. The van der Waals surface area contributed by atoms with E-state index >= 15 is 0 Å². The van der Waals surface area contributed by atoms with Gasteiger partial charge in [0.05, 0.1) is 23.0 Å². The normalized spacial score (nSPS) is 16.8. The van der Waals surface area contributed by atoms with Gasteiger partial charge >= 0.3 is 0 Å². The molecule has 0 saturated carbocycles. The molecule has 5 rings (SSSR count). The first kappa shape index (κ1) is 19.0. The predicted molar refractivity (Wildman–Crippen MR) is 120 cm³/mol. The maximum Gasteiger partial charge on any atom is 0.267 e.